The standard InChI is InChI=1S/C25H54Si/c1-5-8-11-14-17-20-23-26(4,24-21-18-15-12-9-6-2)25-22-19-16-13-10-7-3/h5-25H2,1-4H3. The SMILES string of the molecule is CCCCCCCC[Si](C)(CCCCCCCC)CCCCCCCC. The van der Waals surface area contributed by atoms with E-state index in [0.29, 0.717) is 0 Å². The Kier molecular flexibility index (Phi) is 20.1. The minimum absolute atomic E-state index is 0.955. The van der Waals surface area contributed by atoms with Gasteiger partial charge in [0.05, 0.1) is 8.07 Å². The Labute approximate surface area is 169 Å². The second-order valence-electron chi connectivity index (χ2n) is 9.36. The molecule has 0 unspecified atom stereocenters. The van der Waals surface area contributed by atoms with Crippen LogP contribution < -0.4 is 0 Å². The van der Waals surface area contributed by atoms with Gasteiger partial charge in [-0.05, 0) is 0 Å². The molecule has 1 heteroatoms. The van der Waals surface area contributed by atoms with Gasteiger partial charge in [0.1, 0.15) is 0 Å². The molecular weight excluding hydrogens is 328 g/mol. The minimum Gasteiger partial charge on any atom is -0.0691 e. The molecule has 0 aromatic heterocycles. The molecule has 0 bridgehead atoms. The Morgan fingerprint density at radius 2 is 0.577 bits per heavy atom. The molecule has 0 N–H and O–H groups in total. The van der Waals surface area contributed by atoms with E-state index in [1.165, 1.54) is 116 Å². The normalized spacial score (nSPS) is 12.0. The molecule has 0 rings (SSSR count). The number of rotatable bonds is 21. The van der Waals surface area contributed by atoms with Crippen molar-refractivity contribution in [2.45, 2.75) is 161 Å². The van der Waals surface area contributed by atoms with Crippen LogP contribution in [-0.4, -0.2) is 8.07 Å². The summed E-state index contributed by atoms with van der Waals surface area (Å²) in [6.07, 6.45) is 26.5. The monoisotopic (exact) mass is 382 g/mol. The maximum absolute atomic E-state index is 2.76. The number of hydrogen-bond acceptors (Lipinski definition) is 0. The molecule has 0 aromatic carbocycles. The van der Waals surface area contributed by atoms with Crippen LogP contribution in [0.5, 0.6) is 0 Å². The van der Waals surface area contributed by atoms with Gasteiger partial charge in [-0.15, -0.1) is 0 Å². The number of hydrogen-bond donors (Lipinski definition) is 0. The lowest BCUT2D eigenvalue weighted by Crippen LogP contribution is -2.29. The molecule has 0 radical (unpaired) electrons. The fourth-order valence-corrected chi connectivity index (χ4v) is 8.43. The molecule has 0 fully saturated rings. The van der Waals surface area contributed by atoms with Crippen LogP contribution in [0.1, 0.15) is 136 Å². The van der Waals surface area contributed by atoms with Gasteiger partial charge in [-0.25, -0.2) is 0 Å². The quantitative estimate of drug-likeness (QED) is 0.137. The van der Waals surface area contributed by atoms with Gasteiger partial charge in [0, 0.05) is 0 Å². The highest BCUT2D eigenvalue weighted by Gasteiger charge is 2.25. The first kappa shape index (κ1) is 26.2. The molecule has 0 saturated heterocycles. The Morgan fingerprint density at radius 1 is 0.346 bits per heavy atom. The summed E-state index contributed by atoms with van der Waals surface area (Å²) in [5.41, 5.74) is 0. The lowest BCUT2D eigenvalue weighted by atomic mass is 10.1. The molecule has 0 heterocycles. The van der Waals surface area contributed by atoms with Gasteiger partial charge in [0.25, 0.3) is 0 Å². The lowest BCUT2D eigenvalue weighted by Gasteiger charge is -2.28. The lowest BCUT2D eigenvalue weighted by molar-refractivity contribution is 0.607. The van der Waals surface area contributed by atoms with Crippen molar-refractivity contribution in [3.8, 4) is 0 Å². The summed E-state index contributed by atoms with van der Waals surface area (Å²) in [4.78, 5) is 0. The van der Waals surface area contributed by atoms with Gasteiger partial charge in [0.2, 0.25) is 0 Å². The summed E-state index contributed by atoms with van der Waals surface area (Å²) >= 11 is 0. The van der Waals surface area contributed by atoms with Gasteiger partial charge in [-0.2, -0.15) is 0 Å². The predicted molar refractivity (Wildman–Crippen MR) is 126 cm³/mol. The minimum atomic E-state index is -0.955. The highest BCUT2D eigenvalue weighted by atomic mass is 28.3. The van der Waals surface area contributed by atoms with Crippen LogP contribution in [0.25, 0.3) is 0 Å². The van der Waals surface area contributed by atoms with Crippen molar-refractivity contribution < 1.29 is 0 Å². The van der Waals surface area contributed by atoms with E-state index < -0.39 is 8.07 Å². The summed E-state index contributed by atoms with van der Waals surface area (Å²) in [6.45, 7) is 9.73. The topological polar surface area (TPSA) is 0 Å². The first-order valence-electron chi connectivity index (χ1n) is 12.7. The average molecular weight is 383 g/mol. The Bertz CT molecular complexity index is 220. The zero-order valence-electron chi connectivity index (χ0n) is 19.3. The van der Waals surface area contributed by atoms with Gasteiger partial charge >= 0.3 is 0 Å². The maximum Gasteiger partial charge on any atom is 0.0504 e. The van der Waals surface area contributed by atoms with E-state index in [1.54, 1.807) is 18.1 Å². The van der Waals surface area contributed by atoms with Crippen LogP contribution in [0.4, 0.5) is 0 Å². The predicted octanol–water partition coefficient (Wildman–Crippen LogP) is 10.1. The summed E-state index contributed by atoms with van der Waals surface area (Å²) in [7, 11) is -0.955. The molecular formula is C25H54Si. The molecule has 0 spiro atoms. The zero-order valence-corrected chi connectivity index (χ0v) is 20.3. The van der Waals surface area contributed by atoms with E-state index in [4.69, 9.17) is 0 Å². The molecule has 0 amide bonds. The fraction of sp³-hybridized carbons (Fsp3) is 1.00. The average Bonchev–Trinajstić information content (AvgIpc) is 2.64. The van der Waals surface area contributed by atoms with Crippen molar-refractivity contribution in [3.63, 3.8) is 0 Å². The largest absolute Gasteiger partial charge is 0.0691 e. The van der Waals surface area contributed by atoms with Crippen molar-refractivity contribution in [2.24, 2.45) is 0 Å². The Morgan fingerprint density at radius 3 is 0.846 bits per heavy atom. The van der Waals surface area contributed by atoms with E-state index in [-0.39, 0.29) is 0 Å². The molecule has 0 aliphatic rings. The van der Waals surface area contributed by atoms with Gasteiger partial charge in [0.15, 0.2) is 0 Å². The van der Waals surface area contributed by atoms with E-state index >= 15 is 0 Å². The third-order valence-corrected chi connectivity index (χ3v) is 11.1. The molecule has 0 nitrogen and oxygen atoms in total. The van der Waals surface area contributed by atoms with Crippen LogP contribution in [0.15, 0.2) is 0 Å². The molecule has 26 heavy (non-hydrogen) atoms. The van der Waals surface area contributed by atoms with Crippen LogP contribution in [-0.2, 0) is 0 Å². The molecule has 158 valence electrons. The van der Waals surface area contributed by atoms with Crippen LogP contribution >= 0.6 is 0 Å². The van der Waals surface area contributed by atoms with Gasteiger partial charge < -0.3 is 0 Å². The summed E-state index contributed by atoms with van der Waals surface area (Å²) < 4.78 is 0. The van der Waals surface area contributed by atoms with Crippen LogP contribution in [0, 0.1) is 0 Å². The van der Waals surface area contributed by atoms with Crippen molar-refractivity contribution in [1.29, 1.82) is 0 Å². The molecule has 0 atom stereocenters. The van der Waals surface area contributed by atoms with Crippen molar-refractivity contribution in [1.82, 2.24) is 0 Å². The first-order chi connectivity index (χ1) is 12.7. The van der Waals surface area contributed by atoms with Crippen molar-refractivity contribution in [3.05, 3.63) is 0 Å². The molecule has 0 aliphatic carbocycles. The third-order valence-electron chi connectivity index (χ3n) is 6.40. The van der Waals surface area contributed by atoms with Crippen molar-refractivity contribution >= 4 is 8.07 Å². The van der Waals surface area contributed by atoms with Crippen LogP contribution in [0.2, 0.25) is 24.7 Å². The third kappa shape index (κ3) is 17.6. The maximum atomic E-state index is 2.76. The zero-order chi connectivity index (χ0) is 19.3. The molecule has 0 aromatic rings. The van der Waals surface area contributed by atoms with E-state index in [9.17, 15) is 0 Å². The Balaban J connectivity index is 4.02. The molecule has 0 saturated carbocycles. The van der Waals surface area contributed by atoms with E-state index in [0.717, 1.165) is 0 Å². The second-order valence-corrected chi connectivity index (χ2v) is 14.5. The van der Waals surface area contributed by atoms with E-state index in [2.05, 4.69) is 27.3 Å². The highest BCUT2D eigenvalue weighted by Crippen LogP contribution is 2.29. The summed E-state index contributed by atoms with van der Waals surface area (Å²) in [5, 5.41) is 0. The molecule has 0 aliphatic heterocycles. The first-order valence-corrected chi connectivity index (χ1v) is 15.8. The summed E-state index contributed by atoms with van der Waals surface area (Å²) in [5.74, 6) is 0. The van der Waals surface area contributed by atoms with E-state index in [1.807, 2.05) is 0 Å². The number of unbranched alkanes of at least 4 members (excludes halogenated alkanes) is 15. The smallest absolute Gasteiger partial charge is 0.0504 e. The van der Waals surface area contributed by atoms with Gasteiger partial charge in [-0.3, -0.25) is 0 Å². The second kappa shape index (κ2) is 20.0. The summed E-state index contributed by atoms with van der Waals surface area (Å²) in [6, 6.07) is 4.88. The van der Waals surface area contributed by atoms with Crippen LogP contribution in [0.3, 0.4) is 0 Å². The van der Waals surface area contributed by atoms with Crippen molar-refractivity contribution in [2.75, 3.05) is 0 Å². The highest BCUT2D eigenvalue weighted by molar-refractivity contribution is 6.78. The fourth-order valence-electron chi connectivity index (χ4n) is 4.37. The Hall–Kier alpha value is 0.217. The van der Waals surface area contributed by atoms with Gasteiger partial charge in [-0.1, -0.05) is 161 Å².